The molecule has 0 bridgehead atoms. The van der Waals surface area contributed by atoms with Crippen LogP contribution in [0, 0.1) is 11.7 Å². The van der Waals surface area contributed by atoms with Gasteiger partial charge in [-0.15, -0.1) is 0 Å². The van der Waals surface area contributed by atoms with Gasteiger partial charge in [-0.3, -0.25) is 4.79 Å². The van der Waals surface area contributed by atoms with Crippen LogP contribution < -0.4 is 0 Å². The van der Waals surface area contributed by atoms with Crippen molar-refractivity contribution in [3.8, 4) is 0 Å². The Morgan fingerprint density at radius 1 is 1.50 bits per heavy atom. The number of fused-ring (bicyclic) bond motifs is 1. The molecule has 0 fully saturated rings. The fourth-order valence-electron chi connectivity index (χ4n) is 1.85. The molecular weight excluding hydrogens is 203 g/mol. The first-order valence-electron chi connectivity index (χ1n) is 4.61. The third-order valence-electron chi connectivity index (χ3n) is 2.68. The fraction of sp³-hybridized carbons (Fsp3) is 0.364. The summed E-state index contributed by atoms with van der Waals surface area (Å²) in [6.07, 6.45) is 1.52. The van der Waals surface area contributed by atoms with Crippen molar-refractivity contribution in [1.82, 2.24) is 0 Å². The molecule has 0 spiro atoms. The van der Waals surface area contributed by atoms with Gasteiger partial charge in [0, 0.05) is 11.5 Å². The van der Waals surface area contributed by atoms with E-state index < -0.39 is 0 Å². The van der Waals surface area contributed by atoms with E-state index in [1.807, 2.05) is 6.92 Å². The Labute approximate surface area is 86.9 Å². The van der Waals surface area contributed by atoms with E-state index in [0.717, 1.165) is 18.4 Å². The maximum atomic E-state index is 13.0. The number of benzene rings is 1. The second-order valence-corrected chi connectivity index (χ2v) is 4.13. The molecule has 2 rings (SSSR count). The second-order valence-electron chi connectivity index (χ2n) is 3.73. The molecule has 1 aromatic carbocycles. The summed E-state index contributed by atoms with van der Waals surface area (Å²) in [5.74, 6) is -0.321. The highest BCUT2D eigenvalue weighted by Gasteiger charge is 2.26. The summed E-state index contributed by atoms with van der Waals surface area (Å²) in [4.78, 5) is 11.7. The number of aryl methyl sites for hydroxylation is 1. The van der Waals surface area contributed by atoms with Crippen LogP contribution in [-0.2, 0) is 6.42 Å². The minimum atomic E-state index is -0.365. The lowest BCUT2D eigenvalue weighted by Crippen LogP contribution is -2.20. The Balaban J connectivity index is 2.60. The van der Waals surface area contributed by atoms with Crippen molar-refractivity contribution in [2.45, 2.75) is 19.8 Å². The third kappa shape index (κ3) is 1.44. The Morgan fingerprint density at radius 2 is 2.21 bits per heavy atom. The normalized spacial score (nSPS) is 20.8. The smallest absolute Gasteiger partial charge is 0.167 e. The van der Waals surface area contributed by atoms with E-state index in [2.05, 4.69) is 0 Å². The molecule has 1 aliphatic rings. The Bertz CT molecular complexity index is 401. The van der Waals surface area contributed by atoms with E-state index in [1.54, 1.807) is 0 Å². The van der Waals surface area contributed by atoms with Crippen LogP contribution in [0.25, 0.3) is 0 Å². The van der Waals surface area contributed by atoms with Gasteiger partial charge >= 0.3 is 0 Å². The summed E-state index contributed by atoms with van der Waals surface area (Å²) in [5, 5.41) is 0.247. The molecule has 1 aliphatic carbocycles. The maximum absolute atomic E-state index is 13.0. The van der Waals surface area contributed by atoms with E-state index in [-0.39, 0.29) is 22.5 Å². The lowest BCUT2D eigenvalue weighted by atomic mass is 9.84. The zero-order valence-corrected chi connectivity index (χ0v) is 8.57. The highest BCUT2D eigenvalue weighted by atomic mass is 35.5. The van der Waals surface area contributed by atoms with Crippen LogP contribution in [0.4, 0.5) is 4.39 Å². The summed E-state index contributed by atoms with van der Waals surface area (Å²) in [7, 11) is 0. The van der Waals surface area contributed by atoms with Gasteiger partial charge in [0.2, 0.25) is 0 Å². The highest BCUT2D eigenvalue weighted by Crippen LogP contribution is 2.31. The van der Waals surface area contributed by atoms with Gasteiger partial charge < -0.3 is 0 Å². The molecule has 0 amide bonds. The summed E-state index contributed by atoms with van der Waals surface area (Å²) >= 11 is 5.85. The van der Waals surface area contributed by atoms with Crippen molar-refractivity contribution >= 4 is 17.4 Å². The largest absolute Gasteiger partial charge is 0.294 e. The number of carbonyl (C=O) groups excluding carboxylic acids is 1. The number of rotatable bonds is 0. The van der Waals surface area contributed by atoms with Gasteiger partial charge in [0.15, 0.2) is 5.78 Å². The Kier molecular flexibility index (Phi) is 2.31. The lowest BCUT2D eigenvalue weighted by Gasteiger charge is -2.21. The van der Waals surface area contributed by atoms with Gasteiger partial charge in [-0.25, -0.2) is 4.39 Å². The maximum Gasteiger partial charge on any atom is 0.167 e. The van der Waals surface area contributed by atoms with Gasteiger partial charge in [0.05, 0.1) is 5.02 Å². The van der Waals surface area contributed by atoms with E-state index in [9.17, 15) is 9.18 Å². The average molecular weight is 213 g/mol. The van der Waals surface area contributed by atoms with Crippen LogP contribution in [0.15, 0.2) is 12.1 Å². The summed E-state index contributed by atoms with van der Waals surface area (Å²) in [6, 6.07) is 2.61. The average Bonchev–Trinajstić information content (AvgIpc) is 2.10. The fourth-order valence-corrected chi connectivity index (χ4v) is 2.17. The molecule has 0 heterocycles. The van der Waals surface area contributed by atoms with Crippen molar-refractivity contribution < 1.29 is 9.18 Å². The molecule has 1 atom stereocenters. The Hall–Kier alpha value is -0.890. The highest BCUT2D eigenvalue weighted by molar-refractivity contribution is 6.34. The van der Waals surface area contributed by atoms with Gasteiger partial charge in [0.25, 0.3) is 0 Å². The van der Waals surface area contributed by atoms with Crippen LogP contribution in [0.1, 0.15) is 29.3 Å². The zero-order chi connectivity index (χ0) is 10.3. The SMILES string of the molecule is CC1CCc2cc(F)cc(Cl)c2C1=O. The van der Waals surface area contributed by atoms with Gasteiger partial charge in [-0.1, -0.05) is 18.5 Å². The lowest BCUT2D eigenvalue weighted by molar-refractivity contribution is 0.0914. The van der Waals surface area contributed by atoms with E-state index >= 15 is 0 Å². The first-order valence-corrected chi connectivity index (χ1v) is 4.99. The number of hydrogen-bond donors (Lipinski definition) is 0. The van der Waals surface area contributed by atoms with Gasteiger partial charge in [-0.05, 0) is 30.5 Å². The summed E-state index contributed by atoms with van der Waals surface area (Å²) in [5.41, 5.74) is 1.27. The Morgan fingerprint density at radius 3 is 2.93 bits per heavy atom. The molecule has 0 N–H and O–H groups in total. The van der Waals surface area contributed by atoms with Gasteiger partial charge in [0.1, 0.15) is 5.82 Å². The quantitative estimate of drug-likeness (QED) is 0.645. The molecule has 74 valence electrons. The van der Waals surface area contributed by atoms with Crippen LogP contribution in [-0.4, -0.2) is 5.78 Å². The standard InChI is InChI=1S/C11H10ClFO/c1-6-2-3-7-4-8(13)5-9(12)10(7)11(6)14/h4-6H,2-3H2,1H3. The predicted molar refractivity (Wildman–Crippen MR) is 53.2 cm³/mol. The monoisotopic (exact) mass is 212 g/mol. The number of carbonyl (C=O) groups is 1. The molecule has 0 saturated carbocycles. The van der Waals surface area contributed by atoms with Crippen molar-refractivity contribution in [2.24, 2.45) is 5.92 Å². The van der Waals surface area contributed by atoms with Gasteiger partial charge in [-0.2, -0.15) is 0 Å². The minimum absolute atomic E-state index is 0.00506. The number of ketones is 1. The molecule has 0 aromatic heterocycles. The molecule has 0 aliphatic heterocycles. The first-order chi connectivity index (χ1) is 6.59. The zero-order valence-electron chi connectivity index (χ0n) is 7.81. The van der Waals surface area contributed by atoms with Crippen molar-refractivity contribution in [2.75, 3.05) is 0 Å². The second kappa shape index (κ2) is 3.35. The van der Waals surface area contributed by atoms with Crippen LogP contribution in [0.5, 0.6) is 0 Å². The molecular formula is C11H10ClFO. The molecule has 1 unspecified atom stereocenters. The summed E-state index contributed by atoms with van der Waals surface area (Å²) in [6.45, 7) is 1.88. The molecule has 1 nitrogen and oxygen atoms in total. The third-order valence-corrected chi connectivity index (χ3v) is 2.98. The van der Waals surface area contributed by atoms with Crippen LogP contribution in [0.3, 0.4) is 0 Å². The number of hydrogen-bond acceptors (Lipinski definition) is 1. The molecule has 1 aromatic rings. The minimum Gasteiger partial charge on any atom is -0.294 e. The summed E-state index contributed by atoms with van der Waals surface area (Å²) < 4.78 is 13.0. The van der Waals surface area contributed by atoms with E-state index in [4.69, 9.17) is 11.6 Å². The van der Waals surface area contributed by atoms with Crippen molar-refractivity contribution in [3.63, 3.8) is 0 Å². The number of halogens is 2. The van der Waals surface area contributed by atoms with Crippen molar-refractivity contribution in [1.29, 1.82) is 0 Å². The number of Topliss-reactive ketones (excluding diaryl/α,β-unsaturated/α-hetero) is 1. The molecule has 3 heteroatoms. The van der Waals surface area contributed by atoms with E-state index in [0.29, 0.717) is 5.56 Å². The van der Waals surface area contributed by atoms with E-state index in [1.165, 1.54) is 12.1 Å². The predicted octanol–water partition coefficient (Wildman–Crippen LogP) is 3.24. The van der Waals surface area contributed by atoms with Crippen LogP contribution >= 0.6 is 11.6 Å². The topological polar surface area (TPSA) is 17.1 Å². The molecule has 14 heavy (non-hydrogen) atoms. The van der Waals surface area contributed by atoms with Crippen LogP contribution in [0.2, 0.25) is 5.02 Å². The first kappa shape index (κ1) is 9.66. The van der Waals surface area contributed by atoms with Crippen molar-refractivity contribution in [3.05, 3.63) is 34.1 Å². The molecule has 0 saturated heterocycles. The molecule has 0 radical (unpaired) electrons.